The van der Waals surface area contributed by atoms with Crippen molar-refractivity contribution in [1.82, 2.24) is 0 Å². The van der Waals surface area contributed by atoms with Crippen LogP contribution in [0.4, 0.5) is 18.9 Å². The van der Waals surface area contributed by atoms with Gasteiger partial charge in [0.25, 0.3) is 0 Å². The van der Waals surface area contributed by atoms with E-state index in [2.05, 4.69) is 5.32 Å². The summed E-state index contributed by atoms with van der Waals surface area (Å²) >= 11 is 18.6. The molecule has 2 nitrogen and oxygen atoms in total. The largest absolute Gasteiger partial charge is 0.418 e. The van der Waals surface area contributed by atoms with Gasteiger partial charge in [0.15, 0.2) is 0 Å². The number of anilines is 1. The number of benzene rings is 2. The summed E-state index contributed by atoms with van der Waals surface area (Å²) in [6, 6.07) is 8.02. The summed E-state index contributed by atoms with van der Waals surface area (Å²) < 4.78 is 38.9. The van der Waals surface area contributed by atoms with Crippen LogP contribution < -0.4 is 5.32 Å². The van der Waals surface area contributed by atoms with Crippen molar-refractivity contribution in [2.45, 2.75) is 11.1 Å². The van der Waals surface area contributed by atoms with Gasteiger partial charge < -0.3 is 5.32 Å². The van der Waals surface area contributed by atoms with Crippen LogP contribution in [0.1, 0.15) is 5.56 Å². The molecule has 2 aromatic rings. The van der Waals surface area contributed by atoms with Crippen LogP contribution in [0.25, 0.3) is 0 Å². The third kappa shape index (κ3) is 4.96. The average Bonchev–Trinajstić information content (AvgIpc) is 2.49. The van der Waals surface area contributed by atoms with Gasteiger partial charge in [-0.1, -0.05) is 40.9 Å². The average molecular weight is 415 g/mol. The molecule has 0 saturated heterocycles. The molecule has 0 unspecified atom stereocenters. The van der Waals surface area contributed by atoms with Crippen LogP contribution in [0, 0.1) is 0 Å². The first kappa shape index (κ1) is 19.2. The molecule has 128 valence electrons. The van der Waals surface area contributed by atoms with Crippen molar-refractivity contribution in [3.05, 3.63) is 57.0 Å². The lowest BCUT2D eigenvalue weighted by Crippen LogP contribution is -2.18. The van der Waals surface area contributed by atoms with Gasteiger partial charge in [-0.05, 0) is 30.3 Å². The van der Waals surface area contributed by atoms with Gasteiger partial charge in [0, 0.05) is 9.92 Å². The molecule has 0 bridgehead atoms. The van der Waals surface area contributed by atoms with E-state index in [9.17, 15) is 18.0 Å². The molecule has 0 aromatic heterocycles. The number of hydrogen-bond donors (Lipinski definition) is 1. The summed E-state index contributed by atoms with van der Waals surface area (Å²) in [6.45, 7) is 0. The highest BCUT2D eigenvalue weighted by molar-refractivity contribution is 8.00. The Hall–Kier alpha value is -1.08. The van der Waals surface area contributed by atoms with Gasteiger partial charge in [0.1, 0.15) is 0 Å². The predicted molar refractivity (Wildman–Crippen MR) is 92.3 cm³/mol. The minimum atomic E-state index is -4.63. The van der Waals surface area contributed by atoms with Crippen molar-refractivity contribution >= 4 is 58.2 Å². The SMILES string of the molecule is O=C(CSc1cc(Cl)ccc1Cl)Nc1c(Cl)cccc1C(F)(F)F. The summed E-state index contributed by atoms with van der Waals surface area (Å²) in [6.07, 6.45) is -4.63. The van der Waals surface area contributed by atoms with E-state index >= 15 is 0 Å². The molecule has 1 amide bonds. The maximum Gasteiger partial charge on any atom is 0.418 e. The van der Waals surface area contributed by atoms with E-state index in [0.717, 1.165) is 17.8 Å². The Balaban J connectivity index is 2.12. The molecule has 0 heterocycles. The van der Waals surface area contributed by atoms with Crippen molar-refractivity contribution in [3.63, 3.8) is 0 Å². The van der Waals surface area contributed by atoms with E-state index < -0.39 is 23.3 Å². The second-order valence-corrected chi connectivity index (χ2v) is 6.84. The van der Waals surface area contributed by atoms with Crippen LogP contribution >= 0.6 is 46.6 Å². The molecule has 1 N–H and O–H groups in total. The van der Waals surface area contributed by atoms with E-state index in [-0.39, 0.29) is 10.8 Å². The van der Waals surface area contributed by atoms with Crippen LogP contribution in [0.15, 0.2) is 41.3 Å². The summed E-state index contributed by atoms with van der Waals surface area (Å²) in [5.74, 6) is -0.794. The first-order valence-electron chi connectivity index (χ1n) is 6.42. The van der Waals surface area contributed by atoms with Gasteiger partial charge in [-0.15, -0.1) is 11.8 Å². The predicted octanol–water partition coefficient (Wildman–Crippen LogP) is 6.40. The Kier molecular flexibility index (Phi) is 6.31. The number of carbonyl (C=O) groups is 1. The maximum absolute atomic E-state index is 13.0. The lowest BCUT2D eigenvalue weighted by molar-refractivity contribution is -0.137. The quantitative estimate of drug-likeness (QED) is 0.587. The second kappa shape index (κ2) is 7.87. The minimum Gasteiger partial charge on any atom is -0.324 e. The highest BCUT2D eigenvalue weighted by Crippen LogP contribution is 2.38. The lowest BCUT2D eigenvalue weighted by Gasteiger charge is -2.15. The number of nitrogens with one attached hydrogen (secondary N) is 1. The molecule has 24 heavy (non-hydrogen) atoms. The lowest BCUT2D eigenvalue weighted by atomic mass is 10.1. The van der Waals surface area contributed by atoms with Crippen molar-refractivity contribution in [3.8, 4) is 0 Å². The Labute approximate surface area is 155 Å². The third-order valence-electron chi connectivity index (χ3n) is 2.84. The molecule has 9 heteroatoms. The van der Waals surface area contributed by atoms with E-state index in [1.54, 1.807) is 18.2 Å². The van der Waals surface area contributed by atoms with Gasteiger partial charge in [0.2, 0.25) is 5.91 Å². The van der Waals surface area contributed by atoms with Gasteiger partial charge in [-0.3, -0.25) is 4.79 Å². The van der Waals surface area contributed by atoms with Gasteiger partial charge >= 0.3 is 6.18 Å². The van der Waals surface area contributed by atoms with Crippen LogP contribution in [0.3, 0.4) is 0 Å². The number of carbonyl (C=O) groups excluding carboxylic acids is 1. The van der Waals surface area contributed by atoms with Gasteiger partial charge in [-0.2, -0.15) is 13.2 Å². The minimum absolute atomic E-state index is 0.150. The number of amides is 1. The summed E-state index contributed by atoms with van der Waals surface area (Å²) in [5, 5.41) is 2.84. The Bertz CT molecular complexity index is 768. The molecule has 0 saturated carbocycles. The smallest absolute Gasteiger partial charge is 0.324 e. The zero-order valence-corrected chi connectivity index (χ0v) is 14.8. The van der Waals surface area contributed by atoms with E-state index in [1.807, 2.05) is 0 Å². The van der Waals surface area contributed by atoms with E-state index in [4.69, 9.17) is 34.8 Å². The summed E-state index contributed by atoms with van der Waals surface area (Å²) in [7, 11) is 0. The molecule has 0 aliphatic carbocycles. The molecule has 2 aromatic carbocycles. The molecule has 0 spiro atoms. The zero-order valence-electron chi connectivity index (χ0n) is 11.8. The van der Waals surface area contributed by atoms with E-state index in [1.165, 1.54) is 12.1 Å². The molecule has 0 aliphatic rings. The fraction of sp³-hybridized carbons (Fsp3) is 0.133. The van der Waals surface area contributed by atoms with Crippen LogP contribution in [0.5, 0.6) is 0 Å². The Morgan fingerprint density at radius 2 is 1.79 bits per heavy atom. The summed E-state index contributed by atoms with van der Waals surface area (Å²) in [4.78, 5) is 12.5. The number of alkyl halides is 3. The molecule has 0 fully saturated rings. The van der Waals surface area contributed by atoms with E-state index in [0.29, 0.717) is 14.9 Å². The highest BCUT2D eigenvalue weighted by atomic mass is 35.5. The first-order valence-corrected chi connectivity index (χ1v) is 8.54. The molecule has 2 rings (SSSR count). The van der Waals surface area contributed by atoms with Crippen molar-refractivity contribution < 1.29 is 18.0 Å². The van der Waals surface area contributed by atoms with Gasteiger partial charge in [0.05, 0.1) is 27.0 Å². The van der Waals surface area contributed by atoms with Crippen molar-refractivity contribution in [2.24, 2.45) is 0 Å². The normalized spacial score (nSPS) is 11.4. The van der Waals surface area contributed by atoms with Crippen LogP contribution in [0.2, 0.25) is 15.1 Å². The fourth-order valence-electron chi connectivity index (χ4n) is 1.79. The Morgan fingerprint density at radius 3 is 2.46 bits per heavy atom. The topological polar surface area (TPSA) is 29.1 Å². The summed E-state index contributed by atoms with van der Waals surface area (Å²) in [5.41, 5.74) is -1.47. The number of rotatable bonds is 4. The van der Waals surface area contributed by atoms with Crippen molar-refractivity contribution in [1.29, 1.82) is 0 Å². The number of thioether (sulfide) groups is 1. The highest BCUT2D eigenvalue weighted by Gasteiger charge is 2.34. The monoisotopic (exact) mass is 413 g/mol. The number of hydrogen-bond acceptors (Lipinski definition) is 2. The Morgan fingerprint density at radius 1 is 1.08 bits per heavy atom. The number of halogens is 6. The first-order chi connectivity index (χ1) is 11.2. The molecular formula is C15H9Cl3F3NOS. The van der Waals surface area contributed by atoms with Crippen LogP contribution in [-0.2, 0) is 11.0 Å². The molecule has 0 radical (unpaired) electrons. The zero-order chi connectivity index (χ0) is 17.9. The maximum atomic E-state index is 13.0. The van der Waals surface area contributed by atoms with Gasteiger partial charge in [-0.25, -0.2) is 0 Å². The second-order valence-electron chi connectivity index (χ2n) is 4.57. The number of para-hydroxylation sites is 1. The molecular weight excluding hydrogens is 406 g/mol. The molecule has 0 aliphatic heterocycles. The molecule has 0 atom stereocenters. The standard InChI is InChI=1S/C15H9Cl3F3NOS/c16-8-4-5-10(17)12(6-8)24-7-13(23)22-14-9(15(19,20)21)2-1-3-11(14)18/h1-6H,7H2,(H,22,23). The third-order valence-corrected chi connectivity index (χ3v) is 4.88. The fourth-order valence-corrected chi connectivity index (χ4v) is 3.31. The van der Waals surface area contributed by atoms with Crippen molar-refractivity contribution in [2.75, 3.05) is 11.1 Å². The van der Waals surface area contributed by atoms with Crippen LogP contribution in [-0.4, -0.2) is 11.7 Å².